The number of aliphatic hydroxyl groups is 1. The van der Waals surface area contributed by atoms with Crippen molar-refractivity contribution in [3.05, 3.63) is 48.2 Å². The van der Waals surface area contributed by atoms with E-state index in [0.717, 1.165) is 16.9 Å². The molecule has 1 aliphatic heterocycles. The molecule has 0 saturated carbocycles. The molecule has 2 N–H and O–H groups in total. The van der Waals surface area contributed by atoms with E-state index in [9.17, 15) is 9.90 Å². The summed E-state index contributed by atoms with van der Waals surface area (Å²) < 4.78 is 5.08. The average molecular weight is 261 g/mol. The first-order chi connectivity index (χ1) is 9.10. The summed E-state index contributed by atoms with van der Waals surface area (Å²) in [5.41, 5.74) is 1.77. The predicted octanol–water partition coefficient (Wildman–Crippen LogP) is 1.31. The zero-order valence-electron chi connectivity index (χ0n) is 10.5. The third-order valence-corrected chi connectivity index (χ3v) is 2.83. The molecule has 0 saturated heterocycles. The smallest absolute Gasteiger partial charge is 0.323 e. The topological polar surface area (TPSA) is 70.0 Å². The first-order valence-corrected chi connectivity index (χ1v) is 5.80. The minimum Gasteiger partial charge on any atom is -0.497 e. The molecule has 5 heteroatoms. The van der Waals surface area contributed by atoms with Crippen LogP contribution >= 0.6 is 0 Å². The second-order valence-corrected chi connectivity index (χ2v) is 4.15. The predicted molar refractivity (Wildman–Crippen MR) is 70.5 cm³/mol. The number of ether oxygens (including phenoxy) is 1. The van der Waals surface area contributed by atoms with Gasteiger partial charge in [-0.2, -0.15) is 0 Å². The molecule has 1 unspecified atom stereocenters. The number of carbonyl (C=O) groups is 1. The molecule has 1 aliphatic rings. The summed E-state index contributed by atoms with van der Waals surface area (Å²) in [6.45, 7) is -0.245. The Bertz CT molecular complexity index is 519. The van der Waals surface area contributed by atoms with Gasteiger partial charge in [0.2, 0.25) is 0 Å². The van der Waals surface area contributed by atoms with E-state index in [-0.39, 0.29) is 6.54 Å². The summed E-state index contributed by atoms with van der Waals surface area (Å²) in [6.07, 6.45) is 4.06. The lowest BCUT2D eigenvalue weighted by Gasteiger charge is -2.26. The maximum Gasteiger partial charge on any atom is 0.323 e. The van der Waals surface area contributed by atoms with E-state index in [1.807, 2.05) is 24.3 Å². The quantitative estimate of drug-likeness (QED) is 0.855. The maximum atomic E-state index is 10.7. The monoisotopic (exact) mass is 261 g/mol. The minimum absolute atomic E-state index is 0.245. The van der Waals surface area contributed by atoms with Crippen molar-refractivity contribution in [1.29, 1.82) is 0 Å². The van der Waals surface area contributed by atoms with E-state index in [4.69, 9.17) is 9.84 Å². The van der Waals surface area contributed by atoms with Crippen LogP contribution in [0.4, 0.5) is 0 Å². The van der Waals surface area contributed by atoms with Crippen LogP contribution in [-0.2, 0) is 4.79 Å². The number of carboxylic acids is 1. The molecule has 1 aromatic carbocycles. The molecule has 0 aromatic heterocycles. The van der Waals surface area contributed by atoms with E-state index in [0.29, 0.717) is 0 Å². The number of nitrogens with zero attached hydrogens (tertiary/aromatic N) is 1. The van der Waals surface area contributed by atoms with Gasteiger partial charge in [0.1, 0.15) is 18.5 Å². The van der Waals surface area contributed by atoms with E-state index >= 15 is 0 Å². The highest BCUT2D eigenvalue weighted by molar-refractivity contribution is 5.76. The van der Waals surface area contributed by atoms with Crippen molar-refractivity contribution in [1.82, 2.24) is 4.90 Å². The van der Waals surface area contributed by atoms with E-state index < -0.39 is 12.2 Å². The van der Waals surface area contributed by atoms with Crippen LogP contribution in [0.3, 0.4) is 0 Å². The third-order valence-electron chi connectivity index (χ3n) is 2.83. The van der Waals surface area contributed by atoms with Crippen molar-refractivity contribution in [2.75, 3.05) is 13.7 Å². The molecular weight excluding hydrogens is 246 g/mol. The van der Waals surface area contributed by atoms with Gasteiger partial charge < -0.3 is 19.8 Å². The highest BCUT2D eigenvalue weighted by atomic mass is 16.5. The number of rotatable bonds is 4. The molecular formula is C14H15NO4. The van der Waals surface area contributed by atoms with Crippen molar-refractivity contribution in [2.24, 2.45) is 0 Å². The van der Waals surface area contributed by atoms with Crippen molar-refractivity contribution < 1.29 is 19.7 Å². The van der Waals surface area contributed by atoms with Crippen LogP contribution in [0.5, 0.6) is 5.75 Å². The Hall–Kier alpha value is -2.27. The molecule has 100 valence electrons. The normalized spacial score (nSPS) is 18.1. The molecule has 0 amide bonds. The van der Waals surface area contributed by atoms with Crippen LogP contribution in [0.15, 0.2) is 42.6 Å². The molecule has 1 aromatic rings. The zero-order valence-corrected chi connectivity index (χ0v) is 10.5. The largest absolute Gasteiger partial charge is 0.497 e. The summed E-state index contributed by atoms with van der Waals surface area (Å²) in [6, 6.07) is 7.42. The number of aliphatic carboxylic acids is 1. The second kappa shape index (κ2) is 5.58. The Labute approximate surface area is 111 Å². The summed E-state index contributed by atoms with van der Waals surface area (Å²) in [5, 5.41) is 18.5. The Balaban J connectivity index is 2.22. The van der Waals surface area contributed by atoms with Crippen LogP contribution in [-0.4, -0.2) is 41.0 Å². The molecule has 5 nitrogen and oxygen atoms in total. The fourth-order valence-electron chi connectivity index (χ4n) is 1.85. The lowest BCUT2D eigenvalue weighted by Crippen LogP contribution is -2.35. The SMILES string of the molecule is COc1ccc(C2=CN(CC(=O)O)C(O)C=C2)cc1. The molecule has 0 radical (unpaired) electrons. The van der Waals surface area contributed by atoms with Crippen molar-refractivity contribution in [3.8, 4) is 5.75 Å². The standard InChI is InChI=1S/C14H15NO4/c1-19-12-5-2-10(3-6-12)11-4-7-13(16)15(8-11)9-14(17)18/h2-8,13,16H,9H2,1H3,(H,17,18). The summed E-state index contributed by atoms with van der Waals surface area (Å²) >= 11 is 0. The highest BCUT2D eigenvalue weighted by Crippen LogP contribution is 2.23. The van der Waals surface area contributed by atoms with Crippen LogP contribution in [0.25, 0.3) is 5.57 Å². The van der Waals surface area contributed by atoms with Gasteiger partial charge in [0.15, 0.2) is 0 Å². The molecule has 2 rings (SSSR count). The molecule has 19 heavy (non-hydrogen) atoms. The number of methoxy groups -OCH3 is 1. The molecule has 0 spiro atoms. The van der Waals surface area contributed by atoms with Crippen molar-refractivity contribution in [3.63, 3.8) is 0 Å². The molecule has 0 bridgehead atoms. The number of benzene rings is 1. The van der Waals surface area contributed by atoms with Crippen LogP contribution in [0.2, 0.25) is 0 Å². The highest BCUT2D eigenvalue weighted by Gasteiger charge is 2.17. The van der Waals surface area contributed by atoms with Gasteiger partial charge in [0.25, 0.3) is 0 Å². The molecule has 0 fully saturated rings. The van der Waals surface area contributed by atoms with Gasteiger partial charge in [-0.15, -0.1) is 0 Å². The van der Waals surface area contributed by atoms with Gasteiger partial charge in [-0.25, -0.2) is 0 Å². The van der Waals surface area contributed by atoms with Gasteiger partial charge in [0.05, 0.1) is 7.11 Å². The summed E-state index contributed by atoms with van der Waals surface area (Å²) in [5.74, 6) is -0.230. The van der Waals surface area contributed by atoms with Gasteiger partial charge >= 0.3 is 5.97 Å². The Morgan fingerprint density at radius 3 is 2.63 bits per heavy atom. The van der Waals surface area contributed by atoms with Crippen LogP contribution < -0.4 is 4.74 Å². The number of hydrogen-bond acceptors (Lipinski definition) is 4. The molecule has 1 atom stereocenters. The average Bonchev–Trinajstić information content (AvgIpc) is 2.41. The van der Waals surface area contributed by atoms with Gasteiger partial charge in [-0.3, -0.25) is 4.79 Å². The fourth-order valence-corrected chi connectivity index (χ4v) is 1.85. The maximum absolute atomic E-state index is 10.7. The van der Waals surface area contributed by atoms with E-state index in [1.54, 1.807) is 25.5 Å². The van der Waals surface area contributed by atoms with Gasteiger partial charge in [-0.1, -0.05) is 18.2 Å². The van der Waals surface area contributed by atoms with Crippen molar-refractivity contribution >= 4 is 11.5 Å². The Morgan fingerprint density at radius 1 is 1.37 bits per heavy atom. The third kappa shape index (κ3) is 3.14. The van der Waals surface area contributed by atoms with Gasteiger partial charge in [-0.05, 0) is 29.3 Å². The number of aliphatic hydroxyl groups excluding tert-OH is 1. The first-order valence-electron chi connectivity index (χ1n) is 5.80. The lowest BCUT2D eigenvalue weighted by molar-refractivity contribution is -0.139. The minimum atomic E-state index is -0.986. The fraction of sp³-hybridized carbons (Fsp3) is 0.214. The van der Waals surface area contributed by atoms with Crippen LogP contribution in [0.1, 0.15) is 5.56 Å². The Morgan fingerprint density at radius 2 is 2.05 bits per heavy atom. The Kier molecular flexibility index (Phi) is 3.87. The number of allylic oxidation sites excluding steroid dienone is 2. The van der Waals surface area contributed by atoms with E-state index in [2.05, 4.69) is 0 Å². The second-order valence-electron chi connectivity index (χ2n) is 4.15. The number of carboxylic acid groups (broad SMARTS) is 1. The summed E-state index contributed by atoms with van der Waals surface area (Å²) in [7, 11) is 1.60. The lowest BCUT2D eigenvalue weighted by atomic mass is 10.0. The zero-order chi connectivity index (χ0) is 13.8. The van der Waals surface area contributed by atoms with E-state index in [1.165, 1.54) is 4.90 Å². The van der Waals surface area contributed by atoms with Crippen LogP contribution in [0, 0.1) is 0 Å². The first kappa shape index (κ1) is 13.2. The molecule has 1 heterocycles. The van der Waals surface area contributed by atoms with Gasteiger partial charge in [0, 0.05) is 6.20 Å². The molecule has 0 aliphatic carbocycles. The number of hydrogen-bond donors (Lipinski definition) is 2. The summed E-state index contributed by atoms with van der Waals surface area (Å²) in [4.78, 5) is 12.1. The van der Waals surface area contributed by atoms with Crippen molar-refractivity contribution in [2.45, 2.75) is 6.23 Å².